The van der Waals surface area contributed by atoms with E-state index in [-0.39, 0.29) is 24.0 Å². The van der Waals surface area contributed by atoms with Crippen molar-refractivity contribution in [2.75, 3.05) is 5.32 Å². The van der Waals surface area contributed by atoms with Crippen LogP contribution in [0.3, 0.4) is 0 Å². The summed E-state index contributed by atoms with van der Waals surface area (Å²) in [6, 6.07) is 8.45. The maximum Gasteiger partial charge on any atom is 0.283 e. The predicted molar refractivity (Wildman–Crippen MR) is 99.9 cm³/mol. The Bertz CT molecular complexity index is 1180. The molecule has 0 saturated heterocycles. The van der Waals surface area contributed by atoms with E-state index in [2.05, 4.69) is 15.5 Å². The second-order valence-corrected chi connectivity index (χ2v) is 6.44. The molecule has 0 unspecified atom stereocenters. The zero-order chi connectivity index (χ0) is 20.5. The zero-order valence-corrected chi connectivity index (χ0v) is 15.6. The van der Waals surface area contributed by atoms with Crippen LogP contribution in [0, 0.1) is 25.5 Å². The van der Waals surface area contributed by atoms with Crippen LogP contribution in [0.15, 0.2) is 51.5 Å². The lowest BCUT2D eigenvalue weighted by Crippen LogP contribution is -2.20. The van der Waals surface area contributed by atoms with Crippen LogP contribution in [-0.4, -0.2) is 20.7 Å². The van der Waals surface area contributed by atoms with E-state index in [1.165, 1.54) is 12.3 Å². The number of aryl methyl sites for hydroxylation is 1. The summed E-state index contributed by atoms with van der Waals surface area (Å²) in [4.78, 5) is 12.4. The second kappa shape index (κ2) is 7.34. The lowest BCUT2D eigenvalue weighted by atomic mass is 10.2. The molecule has 1 amide bonds. The van der Waals surface area contributed by atoms with E-state index in [0.717, 1.165) is 23.5 Å². The summed E-state index contributed by atoms with van der Waals surface area (Å²) in [5, 5.41) is 10.6. The maximum absolute atomic E-state index is 13.3. The van der Waals surface area contributed by atoms with Crippen LogP contribution in [-0.2, 0) is 11.3 Å². The number of halogens is 2. The van der Waals surface area contributed by atoms with Gasteiger partial charge in [-0.15, -0.1) is 10.2 Å². The molecule has 4 rings (SSSR count). The van der Waals surface area contributed by atoms with Crippen LogP contribution in [0.2, 0.25) is 0 Å². The number of nitrogens with one attached hydrogen (secondary N) is 1. The predicted octanol–water partition coefficient (Wildman–Crippen LogP) is 4.33. The number of carbonyl (C=O) groups is 1. The Balaban J connectivity index is 1.54. The number of furan rings is 1. The number of rotatable bonds is 5. The highest BCUT2D eigenvalue weighted by atomic mass is 19.2. The molecule has 0 radical (unpaired) electrons. The van der Waals surface area contributed by atoms with Crippen molar-refractivity contribution >= 4 is 11.6 Å². The molecule has 148 valence electrons. The largest absolute Gasteiger partial charge is 0.459 e. The van der Waals surface area contributed by atoms with Crippen LogP contribution in [0.1, 0.15) is 11.4 Å². The average Bonchev–Trinajstić information content (AvgIpc) is 3.41. The molecule has 0 saturated carbocycles. The summed E-state index contributed by atoms with van der Waals surface area (Å²) in [6.45, 7) is 3.64. The third-order valence-electron chi connectivity index (χ3n) is 4.47. The SMILES string of the molecule is Cc1cc(-c2nnc(-c3ccco3)o2)c(C)n1CC(=O)Nc1ccc(F)c(F)c1. The van der Waals surface area contributed by atoms with Gasteiger partial charge in [-0.2, -0.15) is 0 Å². The Kier molecular flexibility index (Phi) is 4.71. The van der Waals surface area contributed by atoms with Crippen molar-refractivity contribution in [2.45, 2.75) is 20.4 Å². The van der Waals surface area contributed by atoms with Crippen molar-refractivity contribution < 1.29 is 22.4 Å². The van der Waals surface area contributed by atoms with Gasteiger partial charge < -0.3 is 18.7 Å². The van der Waals surface area contributed by atoms with E-state index in [1.54, 1.807) is 16.7 Å². The molecule has 4 aromatic rings. The topological polar surface area (TPSA) is 86.1 Å². The fraction of sp³-hybridized carbons (Fsp3) is 0.150. The fourth-order valence-corrected chi connectivity index (χ4v) is 3.01. The van der Waals surface area contributed by atoms with Gasteiger partial charge in [0.05, 0.1) is 11.8 Å². The first kappa shape index (κ1) is 18.6. The Morgan fingerprint density at radius 3 is 2.62 bits per heavy atom. The molecule has 1 aromatic carbocycles. The minimum atomic E-state index is -1.03. The van der Waals surface area contributed by atoms with E-state index >= 15 is 0 Å². The van der Waals surface area contributed by atoms with E-state index in [0.29, 0.717) is 17.2 Å². The Morgan fingerprint density at radius 1 is 1.10 bits per heavy atom. The van der Waals surface area contributed by atoms with Gasteiger partial charge in [0.15, 0.2) is 17.4 Å². The number of aromatic nitrogens is 3. The molecule has 0 aliphatic rings. The van der Waals surface area contributed by atoms with Crippen LogP contribution >= 0.6 is 0 Å². The molecular weight excluding hydrogens is 382 g/mol. The van der Waals surface area contributed by atoms with E-state index < -0.39 is 11.6 Å². The molecule has 0 aliphatic carbocycles. The molecule has 1 N–H and O–H groups in total. The number of amides is 1. The summed E-state index contributed by atoms with van der Waals surface area (Å²) in [5.74, 6) is -1.36. The highest BCUT2D eigenvalue weighted by Gasteiger charge is 2.19. The third-order valence-corrected chi connectivity index (χ3v) is 4.47. The van der Waals surface area contributed by atoms with Gasteiger partial charge in [-0.25, -0.2) is 8.78 Å². The number of hydrogen-bond acceptors (Lipinski definition) is 5. The van der Waals surface area contributed by atoms with E-state index in [4.69, 9.17) is 8.83 Å². The molecule has 0 fully saturated rings. The van der Waals surface area contributed by atoms with Crippen molar-refractivity contribution in [3.63, 3.8) is 0 Å². The number of carbonyl (C=O) groups excluding carboxylic acids is 1. The third kappa shape index (κ3) is 3.66. The number of anilines is 1. The van der Waals surface area contributed by atoms with Gasteiger partial charge in [0.2, 0.25) is 11.8 Å². The fourth-order valence-electron chi connectivity index (χ4n) is 3.01. The summed E-state index contributed by atoms with van der Waals surface area (Å²) in [5.41, 5.74) is 2.42. The molecule has 0 bridgehead atoms. The zero-order valence-electron chi connectivity index (χ0n) is 15.6. The highest BCUT2D eigenvalue weighted by Crippen LogP contribution is 2.29. The molecule has 7 nitrogen and oxygen atoms in total. The van der Waals surface area contributed by atoms with Crippen molar-refractivity contribution in [2.24, 2.45) is 0 Å². The Hall–Kier alpha value is -3.75. The van der Waals surface area contributed by atoms with Gasteiger partial charge >= 0.3 is 0 Å². The summed E-state index contributed by atoms with van der Waals surface area (Å²) in [6.07, 6.45) is 1.51. The van der Waals surface area contributed by atoms with Crippen molar-refractivity contribution in [3.05, 3.63) is 65.7 Å². The van der Waals surface area contributed by atoms with E-state index in [1.807, 2.05) is 19.9 Å². The number of nitrogens with zero attached hydrogens (tertiary/aromatic N) is 3. The van der Waals surface area contributed by atoms with Crippen molar-refractivity contribution in [1.82, 2.24) is 14.8 Å². The lowest BCUT2D eigenvalue weighted by Gasteiger charge is -2.10. The molecule has 0 aliphatic heterocycles. The second-order valence-electron chi connectivity index (χ2n) is 6.44. The molecule has 29 heavy (non-hydrogen) atoms. The monoisotopic (exact) mass is 398 g/mol. The van der Waals surface area contributed by atoms with Crippen LogP contribution in [0.25, 0.3) is 23.1 Å². The highest BCUT2D eigenvalue weighted by molar-refractivity contribution is 5.90. The van der Waals surface area contributed by atoms with E-state index in [9.17, 15) is 13.6 Å². The van der Waals surface area contributed by atoms with Crippen molar-refractivity contribution in [3.8, 4) is 23.1 Å². The summed E-state index contributed by atoms with van der Waals surface area (Å²) in [7, 11) is 0. The Morgan fingerprint density at radius 2 is 1.90 bits per heavy atom. The van der Waals surface area contributed by atoms with Gasteiger partial charge in [-0.1, -0.05) is 0 Å². The average molecular weight is 398 g/mol. The molecule has 3 heterocycles. The summed E-state index contributed by atoms with van der Waals surface area (Å²) >= 11 is 0. The first-order valence-corrected chi connectivity index (χ1v) is 8.72. The van der Waals surface area contributed by atoms with Crippen molar-refractivity contribution in [1.29, 1.82) is 0 Å². The quantitative estimate of drug-likeness (QED) is 0.541. The number of benzene rings is 1. The molecular formula is C20H16F2N4O3. The van der Waals surface area contributed by atoms with Gasteiger partial charge in [-0.3, -0.25) is 4.79 Å². The normalized spacial score (nSPS) is 11.0. The minimum absolute atomic E-state index is 0.0180. The van der Waals surface area contributed by atoms with Gasteiger partial charge in [0, 0.05) is 23.1 Å². The van der Waals surface area contributed by atoms with Crippen LogP contribution in [0.5, 0.6) is 0 Å². The molecule has 9 heteroatoms. The molecule has 3 aromatic heterocycles. The molecule has 0 spiro atoms. The van der Waals surface area contributed by atoms with Gasteiger partial charge in [0.1, 0.15) is 6.54 Å². The van der Waals surface area contributed by atoms with Gasteiger partial charge in [-0.05, 0) is 44.2 Å². The number of hydrogen-bond donors (Lipinski definition) is 1. The minimum Gasteiger partial charge on any atom is -0.459 e. The molecule has 0 atom stereocenters. The lowest BCUT2D eigenvalue weighted by molar-refractivity contribution is -0.116. The smallest absolute Gasteiger partial charge is 0.283 e. The van der Waals surface area contributed by atoms with Crippen LogP contribution < -0.4 is 5.32 Å². The standard InChI is InChI=1S/C20H16F2N4O3/c1-11-8-14(19-24-25-20(29-19)17-4-3-7-28-17)12(2)26(11)10-18(27)23-13-5-6-15(21)16(22)9-13/h3-9H,10H2,1-2H3,(H,23,27). The first-order chi connectivity index (χ1) is 13.9. The maximum atomic E-state index is 13.3. The van der Waals surface area contributed by atoms with Gasteiger partial charge in [0.25, 0.3) is 5.89 Å². The van der Waals surface area contributed by atoms with Crippen LogP contribution in [0.4, 0.5) is 14.5 Å². The summed E-state index contributed by atoms with van der Waals surface area (Å²) < 4.78 is 39.0. The first-order valence-electron chi connectivity index (χ1n) is 8.72. The Labute approximate surface area is 164 Å².